The third-order valence-electron chi connectivity index (χ3n) is 4.69. The van der Waals surface area contributed by atoms with Crippen LogP contribution in [0.2, 0.25) is 0 Å². The van der Waals surface area contributed by atoms with Crippen LogP contribution in [0, 0.1) is 5.92 Å². The van der Waals surface area contributed by atoms with E-state index in [9.17, 15) is 18.0 Å². The van der Waals surface area contributed by atoms with Crippen molar-refractivity contribution in [2.75, 3.05) is 20.3 Å². The standard InChI is InChI=1S/C19H27F3N2O3/c1-3-23-18(25)12-27-16-8-7-13(9-17(16)26-2)11-24-15-6-4-5-14(10-15)19(20,21)22/h7-9,14-15,24H,3-6,10-12H2,1-2H3,(H,23,25). The Kier molecular flexibility index (Phi) is 7.77. The van der Waals surface area contributed by atoms with Gasteiger partial charge in [-0.3, -0.25) is 4.79 Å². The third-order valence-corrected chi connectivity index (χ3v) is 4.69. The molecule has 1 amide bonds. The maximum Gasteiger partial charge on any atom is 0.391 e. The topological polar surface area (TPSA) is 59.6 Å². The highest BCUT2D eigenvalue weighted by Crippen LogP contribution is 2.37. The first kappa shape index (κ1) is 21.3. The minimum Gasteiger partial charge on any atom is -0.493 e. The largest absolute Gasteiger partial charge is 0.493 e. The Labute approximate surface area is 157 Å². The number of hydrogen-bond acceptors (Lipinski definition) is 4. The van der Waals surface area contributed by atoms with Crippen molar-refractivity contribution in [3.8, 4) is 11.5 Å². The van der Waals surface area contributed by atoms with Crippen LogP contribution in [0.4, 0.5) is 13.2 Å². The second kappa shape index (κ2) is 9.82. The van der Waals surface area contributed by atoms with Gasteiger partial charge in [-0.05, 0) is 43.9 Å². The quantitative estimate of drug-likeness (QED) is 0.717. The molecule has 152 valence electrons. The minimum absolute atomic E-state index is 0.108. The Morgan fingerprint density at radius 2 is 2.04 bits per heavy atom. The molecule has 5 nitrogen and oxygen atoms in total. The Bertz CT molecular complexity index is 623. The number of alkyl halides is 3. The average molecular weight is 388 g/mol. The van der Waals surface area contributed by atoms with E-state index in [0.29, 0.717) is 31.0 Å². The second-order valence-electron chi connectivity index (χ2n) is 6.71. The molecule has 0 spiro atoms. The van der Waals surface area contributed by atoms with Gasteiger partial charge >= 0.3 is 6.18 Å². The zero-order chi connectivity index (χ0) is 19.9. The Morgan fingerprint density at radius 3 is 2.70 bits per heavy atom. The van der Waals surface area contributed by atoms with Gasteiger partial charge in [-0.2, -0.15) is 13.2 Å². The van der Waals surface area contributed by atoms with Gasteiger partial charge in [-0.15, -0.1) is 0 Å². The molecule has 27 heavy (non-hydrogen) atoms. The number of carbonyl (C=O) groups excluding carboxylic acids is 1. The summed E-state index contributed by atoms with van der Waals surface area (Å²) in [5, 5.41) is 5.86. The number of rotatable bonds is 8. The molecule has 0 bridgehead atoms. The maximum absolute atomic E-state index is 12.9. The molecular formula is C19H27F3N2O3. The van der Waals surface area contributed by atoms with Crippen molar-refractivity contribution < 1.29 is 27.4 Å². The van der Waals surface area contributed by atoms with E-state index in [0.717, 1.165) is 12.0 Å². The zero-order valence-corrected chi connectivity index (χ0v) is 15.7. The average Bonchev–Trinajstić information content (AvgIpc) is 2.64. The van der Waals surface area contributed by atoms with Gasteiger partial charge in [0.2, 0.25) is 0 Å². The smallest absolute Gasteiger partial charge is 0.391 e. The van der Waals surface area contributed by atoms with E-state index in [-0.39, 0.29) is 31.4 Å². The van der Waals surface area contributed by atoms with Crippen LogP contribution in [0.1, 0.15) is 38.2 Å². The van der Waals surface area contributed by atoms with E-state index in [1.807, 2.05) is 13.0 Å². The monoisotopic (exact) mass is 388 g/mol. The van der Waals surface area contributed by atoms with Crippen molar-refractivity contribution in [3.63, 3.8) is 0 Å². The van der Waals surface area contributed by atoms with Crippen molar-refractivity contribution >= 4 is 5.91 Å². The number of amides is 1. The van der Waals surface area contributed by atoms with Gasteiger partial charge < -0.3 is 20.1 Å². The van der Waals surface area contributed by atoms with E-state index in [2.05, 4.69) is 10.6 Å². The van der Waals surface area contributed by atoms with E-state index >= 15 is 0 Å². The van der Waals surface area contributed by atoms with Crippen LogP contribution in [0.25, 0.3) is 0 Å². The molecular weight excluding hydrogens is 361 g/mol. The summed E-state index contributed by atoms with van der Waals surface area (Å²) in [4.78, 5) is 11.5. The summed E-state index contributed by atoms with van der Waals surface area (Å²) < 4.78 is 49.5. The molecule has 1 fully saturated rings. The Morgan fingerprint density at radius 1 is 1.26 bits per heavy atom. The van der Waals surface area contributed by atoms with Crippen molar-refractivity contribution in [1.82, 2.24) is 10.6 Å². The minimum atomic E-state index is -4.12. The summed E-state index contributed by atoms with van der Waals surface area (Å²) >= 11 is 0. The molecule has 1 aliphatic carbocycles. The van der Waals surface area contributed by atoms with Gasteiger partial charge in [-0.25, -0.2) is 0 Å². The molecule has 8 heteroatoms. The summed E-state index contributed by atoms with van der Waals surface area (Å²) in [6.07, 6.45) is -2.46. The van der Waals surface area contributed by atoms with Crippen molar-refractivity contribution in [2.24, 2.45) is 5.92 Å². The highest BCUT2D eigenvalue weighted by molar-refractivity contribution is 5.77. The summed E-state index contributed by atoms with van der Waals surface area (Å²) in [6, 6.07) is 5.13. The number of methoxy groups -OCH3 is 1. The fourth-order valence-electron chi connectivity index (χ4n) is 3.27. The highest BCUT2D eigenvalue weighted by Gasteiger charge is 2.41. The predicted molar refractivity (Wildman–Crippen MR) is 95.8 cm³/mol. The van der Waals surface area contributed by atoms with Crippen LogP contribution >= 0.6 is 0 Å². The van der Waals surface area contributed by atoms with Crippen LogP contribution in [0.15, 0.2) is 18.2 Å². The number of halogens is 3. The fraction of sp³-hybridized carbons (Fsp3) is 0.632. The normalized spacial score (nSPS) is 20.2. The number of likely N-dealkylation sites (N-methyl/N-ethyl adjacent to an activating group) is 1. The number of nitrogens with one attached hydrogen (secondary N) is 2. The lowest BCUT2D eigenvalue weighted by Crippen LogP contribution is -2.38. The molecule has 1 saturated carbocycles. The first-order valence-corrected chi connectivity index (χ1v) is 9.20. The molecule has 0 aliphatic heterocycles. The molecule has 0 radical (unpaired) electrons. The first-order valence-electron chi connectivity index (χ1n) is 9.20. The summed E-state index contributed by atoms with van der Waals surface area (Å²) in [7, 11) is 1.50. The summed E-state index contributed by atoms with van der Waals surface area (Å²) in [5.41, 5.74) is 0.881. The van der Waals surface area contributed by atoms with Crippen LogP contribution in [-0.2, 0) is 11.3 Å². The number of ether oxygens (including phenoxy) is 2. The molecule has 0 aromatic heterocycles. The zero-order valence-electron chi connectivity index (χ0n) is 15.7. The third kappa shape index (κ3) is 6.61. The highest BCUT2D eigenvalue weighted by atomic mass is 19.4. The van der Waals surface area contributed by atoms with Gasteiger partial charge in [0, 0.05) is 19.1 Å². The van der Waals surface area contributed by atoms with Crippen molar-refractivity contribution in [2.45, 2.75) is 51.4 Å². The lowest BCUT2D eigenvalue weighted by atomic mass is 9.85. The summed E-state index contributed by atoms with van der Waals surface area (Å²) in [5.74, 6) is -0.511. The lowest BCUT2D eigenvalue weighted by molar-refractivity contribution is -0.183. The van der Waals surface area contributed by atoms with Crippen LogP contribution in [-0.4, -0.2) is 38.4 Å². The lowest BCUT2D eigenvalue weighted by Gasteiger charge is -2.31. The molecule has 0 saturated heterocycles. The maximum atomic E-state index is 12.9. The van der Waals surface area contributed by atoms with E-state index in [1.165, 1.54) is 7.11 Å². The van der Waals surface area contributed by atoms with Gasteiger partial charge in [0.25, 0.3) is 5.91 Å². The second-order valence-corrected chi connectivity index (χ2v) is 6.71. The van der Waals surface area contributed by atoms with E-state index < -0.39 is 12.1 Å². The molecule has 1 aromatic rings. The number of benzene rings is 1. The summed E-state index contributed by atoms with van der Waals surface area (Å²) in [6.45, 7) is 2.69. The predicted octanol–water partition coefficient (Wildman–Crippen LogP) is 3.42. The first-order chi connectivity index (χ1) is 12.8. The molecule has 1 aliphatic rings. The van der Waals surface area contributed by atoms with Crippen LogP contribution in [0.5, 0.6) is 11.5 Å². The van der Waals surface area contributed by atoms with Crippen LogP contribution < -0.4 is 20.1 Å². The molecule has 0 heterocycles. The van der Waals surface area contributed by atoms with Gasteiger partial charge in [0.15, 0.2) is 18.1 Å². The van der Waals surface area contributed by atoms with Crippen molar-refractivity contribution in [1.29, 1.82) is 0 Å². The SMILES string of the molecule is CCNC(=O)COc1ccc(CNC2CCCC(C(F)(F)F)C2)cc1OC. The van der Waals surface area contributed by atoms with Crippen LogP contribution in [0.3, 0.4) is 0 Å². The molecule has 2 atom stereocenters. The van der Waals surface area contributed by atoms with Gasteiger partial charge in [0.05, 0.1) is 13.0 Å². The molecule has 1 aromatic carbocycles. The number of carbonyl (C=O) groups is 1. The van der Waals surface area contributed by atoms with Gasteiger partial charge in [-0.1, -0.05) is 12.5 Å². The molecule has 2 unspecified atom stereocenters. The number of hydrogen-bond donors (Lipinski definition) is 2. The fourth-order valence-corrected chi connectivity index (χ4v) is 3.27. The van der Waals surface area contributed by atoms with Gasteiger partial charge in [0.1, 0.15) is 0 Å². The Hall–Kier alpha value is -1.96. The molecule has 2 rings (SSSR count). The van der Waals surface area contributed by atoms with E-state index in [4.69, 9.17) is 9.47 Å². The van der Waals surface area contributed by atoms with E-state index in [1.54, 1.807) is 12.1 Å². The molecule has 2 N–H and O–H groups in total. The van der Waals surface area contributed by atoms with Crippen molar-refractivity contribution in [3.05, 3.63) is 23.8 Å². The Balaban J connectivity index is 1.90.